The van der Waals surface area contributed by atoms with Gasteiger partial charge in [0.15, 0.2) is 5.82 Å². The van der Waals surface area contributed by atoms with E-state index in [4.69, 9.17) is 0 Å². The zero-order valence-corrected chi connectivity index (χ0v) is 9.38. The van der Waals surface area contributed by atoms with E-state index in [2.05, 4.69) is 25.9 Å². The van der Waals surface area contributed by atoms with E-state index >= 15 is 0 Å². The monoisotopic (exact) mass is 257 g/mol. The molecule has 1 aromatic heterocycles. The Kier molecular flexibility index (Phi) is 2.86. The highest BCUT2D eigenvalue weighted by molar-refractivity contribution is 9.10. The first-order chi connectivity index (χ1) is 6.77. The molecule has 5 heteroatoms. The first kappa shape index (κ1) is 9.71. The average molecular weight is 258 g/mol. The molecule has 0 aromatic carbocycles. The van der Waals surface area contributed by atoms with Gasteiger partial charge in [0, 0.05) is 19.3 Å². The summed E-state index contributed by atoms with van der Waals surface area (Å²) in [6.07, 6.45) is 5.11. The van der Waals surface area contributed by atoms with E-state index in [-0.39, 0.29) is 5.56 Å². The fourth-order valence-corrected chi connectivity index (χ4v) is 1.98. The van der Waals surface area contributed by atoms with Gasteiger partial charge in [-0.2, -0.15) is 0 Å². The number of hydrogen-bond donors (Lipinski definition) is 1. The minimum Gasteiger partial charge on any atom is -0.352 e. The molecule has 1 N–H and O–H groups in total. The van der Waals surface area contributed by atoms with Gasteiger partial charge in [-0.1, -0.05) is 0 Å². The second kappa shape index (κ2) is 4.13. The summed E-state index contributed by atoms with van der Waals surface area (Å²) < 4.78 is 0.678. The molecular formula is C9H12BrN3O. The van der Waals surface area contributed by atoms with Crippen molar-refractivity contribution in [3.63, 3.8) is 0 Å². The lowest BCUT2D eigenvalue weighted by Crippen LogP contribution is -2.34. The Morgan fingerprint density at radius 3 is 2.79 bits per heavy atom. The predicted octanol–water partition coefficient (Wildman–Crippen LogP) is 1.52. The van der Waals surface area contributed by atoms with Crippen LogP contribution in [0, 0.1) is 0 Å². The quantitative estimate of drug-likeness (QED) is 0.830. The highest BCUT2D eigenvalue weighted by Gasteiger charge is 2.15. The Labute approximate surface area is 90.5 Å². The summed E-state index contributed by atoms with van der Waals surface area (Å²) >= 11 is 3.25. The minimum atomic E-state index is -0.102. The lowest BCUT2D eigenvalue weighted by Gasteiger charge is -2.26. The Bertz CT molecular complexity index is 371. The fourth-order valence-electron chi connectivity index (χ4n) is 1.69. The molecule has 0 unspecified atom stereocenters. The molecule has 0 bridgehead atoms. The number of rotatable bonds is 1. The van der Waals surface area contributed by atoms with E-state index in [1.807, 2.05) is 4.90 Å². The van der Waals surface area contributed by atoms with E-state index in [1.165, 1.54) is 6.42 Å². The van der Waals surface area contributed by atoms with Crippen molar-refractivity contribution in [2.45, 2.75) is 19.3 Å². The van der Waals surface area contributed by atoms with Crippen molar-refractivity contribution in [2.24, 2.45) is 0 Å². The number of piperidine rings is 1. The van der Waals surface area contributed by atoms with Crippen LogP contribution in [0.1, 0.15) is 19.3 Å². The van der Waals surface area contributed by atoms with Gasteiger partial charge < -0.3 is 9.88 Å². The second-order valence-electron chi connectivity index (χ2n) is 3.42. The normalized spacial score (nSPS) is 17.1. The number of H-pyrrole nitrogens is 1. The molecule has 1 saturated heterocycles. The molecule has 1 aromatic rings. The van der Waals surface area contributed by atoms with Crippen LogP contribution in [-0.2, 0) is 0 Å². The molecule has 0 atom stereocenters. The molecule has 2 rings (SSSR count). The van der Waals surface area contributed by atoms with E-state index < -0.39 is 0 Å². The second-order valence-corrected chi connectivity index (χ2v) is 4.24. The third-order valence-corrected chi connectivity index (χ3v) is 2.80. The summed E-state index contributed by atoms with van der Waals surface area (Å²) in [5.41, 5.74) is -0.102. The Balaban J connectivity index is 2.29. The summed E-state index contributed by atoms with van der Waals surface area (Å²) in [5.74, 6) is 0.541. The maximum absolute atomic E-state index is 11.5. The summed E-state index contributed by atoms with van der Waals surface area (Å²) in [6.45, 7) is 1.87. The van der Waals surface area contributed by atoms with E-state index in [0.717, 1.165) is 25.9 Å². The van der Waals surface area contributed by atoms with Crippen LogP contribution in [0.2, 0.25) is 0 Å². The van der Waals surface area contributed by atoms with Crippen LogP contribution in [0.5, 0.6) is 0 Å². The maximum Gasteiger partial charge on any atom is 0.290 e. The Morgan fingerprint density at radius 1 is 1.36 bits per heavy atom. The zero-order valence-electron chi connectivity index (χ0n) is 7.79. The summed E-state index contributed by atoms with van der Waals surface area (Å²) in [7, 11) is 0. The van der Waals surface area contributed by atoms with Gasteiger partial charge in [-0.3, -0.25) is 4.79 Å². The number of hydrogen-bond acceptors (Lipinski definition) is 3. The Hall–Kier alpha value is -0.840. The van der Waals surface area contributed by atoms with Crippen molar-refractivity contribution in [3.05, 3.63) is 21.2 Å². The minimum absolute atomic E-state index is 0.102. The molecule has 4 nitrogen and oxygen atoms in total. The summed E-state index contributed by atoms with van der Waals surface area (Å²) in [5, 5.41) is 0. The summed E-state index contributed by atoms with van der Waals surface area (Å²) in [6, 6.07) is 0. The topological polar surface area (TPSA) is 49.0 Å². The highest BCUT2D eigenvalue weighted by atomic mass is 79.9. The fraction of sp³-hybridized carbons (Fsp3) is 0.556. The maximum atomic E-state index is 11.5. The van der Waals surface area contributed by atoms with Gasteiger partial charge in [0.25, 0.3) is 5.56 Å². The van der Waals surface area contributed by atoms with Gasteiger partial charge in [0.2, 0.25) is 0 Å². The molecule has 0 spiro atoms. The number of halogens is 1. The van der Waals surface area contributed by atoms with Crippen LogP contribution in [-0.4, -0.2) is 23.1 Å². The van der Waals surface area contributed by atoms with Crippen molar-refractivity contribution in [2.75, 3.05) is 18.0 Å². The third kappa shape index (κ3) is 1.97. The molecule has 1 fully saturated rings. The molecular weight excluding hydrogens is 246 g/mol. The largest absolute Gasteiger partial charge is 0.352 e. The molecule has 0 amide bonds. The van der Waals surface area contributed by atoms with Gasteiger partial charge in [-0.25, -0.2) is 4.98 Å². The zero-order chi connectivity index (χ0) is 9.97. The smallest absolute Gasteiger partial charge is 0.290 e. The lowest BCUT2D eigenvalue weighted by molar-refractivity contribution is 0.571. The highest BCUT2D eigenvalue weighted by Crippen LogP contribution is 2.15. The van der Waals surface area contributed by atoms with Gasteiger partial charge in [-0.05, 0) is 35.2 Å². The van der Waals surface area contributed by atoms with Gasteiger partial charge in [0.05, 0.1) is 0 Å². The third-order valence-electron chi connectivity index (χ3n) is 2.39. The van der Waals surface area contributed by atoms with Gasteiger partial charge in [0.1, 0.15) is 4.60 Å². The SMILES string of the molecule is O=c1[nH]cc(Br)nc1N1CCCCC1. The predicted molar refractivity (Wildman–Crippen MR) is 58.6 cm³/mol. The first-order valence-corrected chi connectivity index (χ1v) is 5.57. The number of aromatic nitrogens is 2. The van der Waals surface area contributed by atoms with Crippen molar-refractivity contribution in [1.82, 2.24) is 9.97 Å². The molecule has 1 aliphatic heterocycles. The number of aromatic amines is 1. The molecule has 14 heavy (non-hydrogen) atoms. The van der Waals surface area contributed by atoms with Crippen LogP contribution >= 0.6 is 15.9 Å². The summed E-state index contributed by atoms with van der Waals surface area (Å²) in [4.78, 5) is 20.4. The van der Waals surface area contributed by atoms with Crippen LogP contribution in [0.25, 0.3) is 0 Å². The van der Waals surface area contributed by atoms with Crippen molar-refractivity contribution in [1.29, 1.82) is 0 Å². The average Bonchev–Trinajstić information content (AvgIpc) is 2.23. The van der Waals surface area contributed by atoms with Gasteiger partial charge >= 0.3 is 0 Å². The van der Waals surface area contributed by atoms with Crippen LogP contribution in [0.15, 0.2) is 15.6 Å². The van der Waals surface area contributed by atoms with Crippen molar-refractivity contribution >= 4 is 21.7 Å². The number of nitrogens with zero attached hydrogens (tertiary/aromatic N) is 2. The van der Waals surface area contributed by atoms with Crippen LogP contribution < -0.4 is 10.5 Å². The van der Waals surface area contributed by atoms with Crippen molar-refractivity contribution in [3.8, 4) is 0 Å². The van der Waals surface area contributed by atoms with E-state index in [1.54, 1.807) is 6.20 Å². The first-order valence-electron chi connectivity index (χ1n) is 4.77. The molecule has 2 heterocycles. The van der Waals surface area contributed by atoms with E-state index in [9.17, 15) is 4.79 Å². The number of anilines is 1. The molecule has 0 radical (unpaired) electrons. The molecule has 0 aliphatic carbocycles. The van der Waals surface area contributed by atoms with Crippen LogP contribution in [0.4, 0.5) is 5.82 Å². The Morgan fingerprint density at radius 2 is 2.07 bits per heavy atom. The van der Waals surface area contributed by atoms with Gasteiger partial charge in [-0.15, -0.1) is 0 Å². The molecule has 76 valence electrons. The van der Waals surface area contributed by atoms with Crippen LogP contribution in [0.3, 0.4) is 0 Å². The van der Waals surface area contributed by atoms with Crippen molar-refractivity contribution < 1.29 is 0 Å². The standard InChI is InChI=1S/C9H12BrN3O/c10-7-6-11-9(14)8(12-7)13-4-2-1-3-5-13/h6H,1-5H2,(H,11,14). The lowest BCUT2D eigenvalue weighted by atomic mass is 10.1. The number of nitrogens with one attached hydrogen (secondary N) is 1. The van der Waals surface area contributed by atoms with E-state index in [0.29, 0.717) is 10.4 Å². The molecule has 0 saturated carbocycles. The molecule has 1 aliphatic rings.